The molecule has 6 heteroatoms. The maximum absolute atomic E-state index is 13.3. The first-order valence-electron chi connectivity index (χ1n) is 4.41. The minimum Gasteiger partial charge on any atom is -0.390 e. The number of halogens is 3. The molecule has 0 aliphatic rings. The Morgan fingerprint density at radius 3 is 2.44 bits per heavy atom. The standard InChI is InChI=1S/C10H7F3N2O/c11-7-2-9(13)8(12)1-6(7)10-14-3-5(4-16)15-10/h1-3,16H,4H2,(H,14,15). The maximum Gasteiger partial charge on any atom is 0.161 e. The number of nitrogens with one attached hydrogen (secondary N) is 1. The van der Waals surface area contributed by atoms with Crippen LogP contribution in [0.5, 0.6) is 0 Å². The number of nitrogens with zero attached hydrogens (tertiary/aromatic N) is 1. The third-order valence-electron chi connectivity index (χ3n) is 2.06. The molecule has 0 spiro atoms. The Bertz CT molecular complexity index is 525. The van der Waals surface area contributed by atoms with Crippen LogP contribution in [0.2, 0.25) is 0 Å². The van der Waals surface area contributed by atoms with Gasteiger partial charge in [0.2, 0.25) is 0 Å². The van der Waals surface area contributed by atoms with Gasteiger partial charge in [-0.05, 0) is 6.07 Å². The number of rotatable bonds is 2. The van der Waals surface area contributed by atoms with E-state index in [1.54, 1.807) is 0 Å². The summed E-state index contributed by atoms with van der Waals surface area (Å²) < 4.78 is 38.9. The molecule has 0 amide bonds. The molecular formula is C10H7F3N2O. The van der Waals surface area contributed by atoms with E-state index in [1.165, 1.54) is 6.20 Å². The summed E-state index contributed by atoms with van der Waals surface area (Å²) in [5.41, 5.74) is 0.178. The summed E-state index contributed by atoms with van der Waals surface area (Å²) >= 11 is 0. The van der Waals surface area contributed by atoms with Crippen molar-refractivity contribution < 1.29 is 18.3 Å². The third-order valence-corrected chi connectivity index (χ3v) is 2.06. The zero-order valence-electron chi connectivity index (χ0n) is 7.97. The summed E-state index contributed by atoms with van der Waals surface area (Å²) in [6.07, 6.45) is 1.29. The predicted molar refractivity (Wildman–Crippen MR) is 49.8 cm³/mol. The lowest BCUT2D eigenvalue weighted by Gasteiger charge is -2.00. The Kier molecular flexibility index (Phi) is 2.66. The Hall–Kier alpha value is -1.82. The van der Waals surface area contributed by atoms with Crippen molar-refractivity contribution in [3.05, 3.63) is 41.5 Å². The smallest absolute Gasteiger partial charge is 0.161 e. The number of imidazole rings is 1. The number of H-pyrrole nitrogens is 1. The number of aliphatic hydroxyl groups is 1. The van der Waals surface area contributed by atoms with Crippen LogP contribution in [-0.4, -0.2) is 15.1 Å². The number of aliphatic hydroxyl groups excluding tert-OH is 1. The molecule has 0 aliphatic carbocycles. The van der Waals surface area contributed by atoms with Gasteiger partial charge in [-0.3, -0.25) is 0 Å². The van der Waals surface area contributed by atoms with Crippen molar-refractivity contribution in [1.29, 1.82) is 0 Å². The molecule has 0 unspecified atom stereocenters. The highest BCUT2D eigenvalue weighted by Crippen LogP contribution is 2.22. The second-order valence-corrected chi connectivity index (χ2v) is 3.16. The second-order valence-electron chi connectivity index (χ2n) is 3.16. The number of benzene rings is 1. The first-order valence-corrected chi connectivity index (χ1v) is 4.41. The summed E-state index contributed by atoms with van der Waals surface area (Å²) in [5, 5.41) is 8.77. The molecule has 0 aliphatic heterocycles. The van der Waals surface area contributed by atoms with E-state index in [9.17, 15) is 13.2 Å². The Balaban J connectivity index is 2.51. The molecule has 1 aromatic carbocycles. The van der Waals surface area contributed by atoms with Crippen molar-refractivity contribution in [3.8, 4) is 11.4 Å². The van der Waals surface area contributed by atoms with Crippen molar-refractivity contribution in [3.63, 3.8) is 0 Å². The van der Waals surface area contributed by atoms with E-state index in [2.05, 4.69) is 9.97 Å². The molecule has 1 aromatic heterocycles. The average molecular weight is 228 g/mol. The molecular weight excluding hydrogens is 221 g/mol. The summed E-state index contributed by atoms with van der Waals surface area (Å²) in [6.45, 7) is -0.293. The van der Waals surface area contributed by atoms with Gasteiger partial charge < -0.3 is 10.1 Å². The van der Waals surface area contributed by atoms with Gasteiger partial charge in [-0.2, -0.15) is 0 Å². The fraction of sp³-hybridized carbons (Fsp3) is 0.100. The Labute approximate surface area is 88.6 Å². The molecule has 2 N–H and O–H groups in total. The lowest BCUT2D eigenvalue weighted by Crippen LogP contribution is -1.93. The van der Waals surface area contributed by atoms with Crippen molar-refractivity contribution in [1.82, 2.24) is 9.97 Å². The molecule has 3 nitrogen and oxygen atoms in total. The zero-order chi connectivity index (χ0) is 11.7. The van der Waals surface area contributed by atoms with E-state index in [0.29, 0.717) is 17.8 Å². The molecule has 0 saturated heterocycles. The topological polar surface area (TPSA) is 48.9 Å². The van der Waals surface area contributed by atoms with E-state index >= 15 is 0 Å². The van der Waals surface area contributed by atoms with E-state index in [4.69, 9.17) is 5.11 Å². The van der Waals surface area contributed by atoms with E-state index in [1.807, 2.05) is 0 Å². The molecule has 0 fully saturated rings. The lowest BCUT2D eigenvalue weighted by atomic mass is 10.2. The van der Waals surface area contributed by atoms with Crippen LogP contribution in [0.25, 0.3) is 11.4 Å². The van der Waals surface area contributed by atoms with Gasteiger partial charge in [0.05, 0.1) is 24.1 Å². The first kappa shape index (κ1) is 10.7. The second kappa shape index (κ2) is 3.97. The van der Waals surface area contributed by atoms with Crippen LogP contribution < -0.4 is 0 Å². The predicted octanol–water partition coefficient (Wildman–Crippen LogP) is 1.99. The minimum atomic E-state index is -1.25. The number of aromatic amines is 1. The van der Waals surface area contributed by atoms with E-state index < -0.39 is 17.5 Å². The van der Waals surface area contributed by atoms with E-state index in [0.717, 1.165) is 0 Å². The number of aromatic nitrogens is 2. The average Bonchev–Trinajstić information content (AvgIpc) is 2.71. The molecule has 84 valence electrons. The monoisotopic (exact) mass is 228 g/mol. The van der Waals surface area contributed by atoms with Gasteiger partial charge in [0.15, 0.2) is 11.6 Å². The van der Waals surface area contributed by atoms with Crippen LogP contribution in [0.4, 0.5) is 13.2 Å². The fourth-order valence-corrected chi connectivity index (χ4v) is 1.28. The fourth-order valence-electron chi connectivity index (χ4n) is 1.28. The quantitative estimate of drug-likeness (QED) is 0.772. The molecule has 0 saturated carbocycles. The maximum atomic E-state index is 13.3. The number of hydrogen-bond acceptors (Lipinski definition) is 2. The van der Waals surface area contributed by atoms with Crippen molar-refractivity contribution in [2.45, 2.75) is 6.61 Å². The molecule has 0 bridgehead atoms. The SMILES string of the molecule is OCc1cnc(-c2cc(F)c(F)cc2F)[nH]1. The van der Waals surface area contributed by atoms with Gasteiger partial charge in [0.1, 0.15) is 11.6 Å². The van der Waals surface area contributed by atoms with Crippen molar-refractivity contribution in [2.24, 2.45) is 0 Å². The van der Waals surface area contributed by atoms with E-state index in [-0.39, 0.29) is 18.0 Å². The Morgan fingerprint density at radius 1 is 1.12 bits per heavy atom. The first-order chi connectivity index (χ1) is 7.61. The minimum absolute atomic E-state index is 0.0421. The lowest BCUT2D eigenvalue weighted by molar-refractivity contribution is 0.277. The van der Waals surface area contributed by atoms with Gasteiger partial charge in [-0.25, -0.2) is 18.2 Å². The highest BCUT2D eigenvalue weighted by molar-refractivity contribution is 5.56. The van der Waals surface area contributed by atoms with Crippen LogP contribution in [0.15, 0.2) is 18.3 Å². The molecule has 2 rings (SSSR count). The zero-order valence-corrected chi connectivity index (χ0v) is 7.97. The van der Waals surface area contributed by atoms with Crippen LogP contribution in [0.1, 0.15) is 5.69 Å². The summed E-state index contributed by atoms with van der Waals surface area (Å²) in [4.78, 5) is 6.32. The molecule has 0 radical (unpaired) electrons. The molecule has 1 heterocycles. The highest BCUT2D eigenvalue weighted by atomic mass is 19.2. The van der Waals surface area contributed by atoms with Gasteiger partial charge in [-0.15, -0.1) is 0 Å². The van der Waals surface area contributed by atoms with Crippen LogP contribution in [-0.2, 0) is 6.61 Å². The van der Waals surface area contributed by atoms with Crippen LogP contribution in [0, 0.1) is 17.5 Å². The third kappa shape index (κ3) is 1.79. The van der Waals surface area contributed by atoms with Crippen molar-refractivity contribution in [2.75, 3.05) is 0 Å². The normalized spacial score (nSPS) is 10.8. The van der Waals surface area contributed by atoms with Gasteiger partial charge in [0, 0.05) is 6.07 Å². The molecule has 16 heavy (non-hydrogen) atoms. The van der Waals surface area contributed by atoms with Crippen molar-refractivity contribution >= 4 is 0 Å². The Morgan fingerprint density at radius 2 is 1.81 bits per heavy atom. The summed E-state index contributed by atoms with van der Waals surface area (Å²) in [5.74, 6) is -3.29. The highest BCUT2D eigenvalue weighted by Gasteiger charge is 2.13. The summed E-state index contributed by atoms with van der Waals surface area (Å²) in [6, 6.07) is 1.16. The van der Waals surface area contributed by atoms with Gasteiger partial charge >= 0.3 is 0 Å². The largest absolute Gasteiger partial charge is 0.390 e. The van der Waals surface area contributed by atoms with Gasteiger partial charge in [0.25, 0.3) is 0 Å². The summed E-state index contributed by atoms with van der Waals surface area (Å²) in [7, 11) is 0. The molecule has 0 atom stereocenters. The van der Waals surface area contributed by atoms with Crippen LogP contribution >= 0.6 is 0 Å². The van der Waals surface area contributed by atoms with Gasteiger partial charge in [-0.1, -0.05) is 0 Å². The van der Waals surface area contributed by atoms with Crippen LogP contribution in [0.3, 0.4) is 0 Å². The molecule has 2 aromatic rings. The number of hydrogen-bond donors (Lipinski definition) is 2.